The van der Waals surface area contributed by atoms with Gasteiger partial charge in [0.1, 0.15) is 4.60 Å². The lowest BCUT2D eigenvalue weighted by molar-refractivity contribution is 0.243. The molecule has 0 bridgehead atoms. The van der Waals surface area contributed by atoms with Gasteiger partial charge < -0.3 is 9.64 Å². The Morgan fingerprint density at radius 3 is 2.68 bits per heavy atom. The second-order valence-electron chi connectivity index (χ2n) is 5.48. The average Bonchev–Trinajstić information content (AvgIpc) is 3.10. The minimum atomic E-state index is 0.697. The van der Waals surface area contributed by atoms with E-state index in [1.807, 2.05) is 0 Å². The van der Waals surface area contributed by atoms with Crippen molar-refractivity contribution in [3.05, 3.63) is 10.8 Å². The summed E-state index contributed by atoms with van der Waals surface area (Å²) in [6, 6.07) is 0. The van der Waals surface area contributed by atoms with E-state index in [2.05, 4.69) is 30.8 Å². The van der Waals surface area contributed by atoms with Crippen molar-refractivity contribution in [1.82, 2.24) is 9.97 Å². The molecule has 3 rings (SSSR count). The van der Waals surface area contributed by atoms with Crippen LogP contribution in [0.15, 0.2) is 10.8 Å². The van der Waals surface area contributed by atoms with Gasteiger partial charge in [0.25, 0.3) is 5.88 Å². The van der Waals surface area contributed by atoms with Gasteiger partial charge >= 0.3 is 0 Å². The smallest absolute Gasteiger partial charge is 0.258 e. The second kappa shape index (κ2) is 6.07. The van der Waals surface area contributed by atoms with Crippen molar-refractivity contribution in [3.8, 4) is 5.88 Å². The van der Waals surface area contributed by atoms with E-state index < -0.39 is 0 Å². The quantitative estimate of drug-likeness (QED) is 0.850. The van der Waals surface area contributed by atoms with E-state index in [-0.39, 0.29) is 0 Å². The predicted octanol–water partition coefficient (Wildman–Crippen LogP) is 3.41. The molecular weight excluding hydrogens is 306 g/mol. The molecule has 1 saturated carbocycles. The Morgan fingerprint density at radius 1 is 1.21 bits per heavy atom. The van der Waals surface area contributed by atoms with E-state index in [0.717, 1.165) is 30.1 Å². The summed E-state index contributed by atoms with van der Waals surface area (Å²) in [6.07, 6.45) is 9.50. The van der Waals surface area contributed by atoms with Crippen molar-refractivity contribution in [1.29, 1.82) is 0 Å². The Kier molecular flexibility index (Phi) is 4.21. The maximum Gasteiger partial charge on any atom is 0.258 e. The van der Waals surface area contributed by atoms with Gasteiger partial charge in [0, 0.05) is 13.1 Å². The fraction of sp³-hybridized carbons (Fsp3) is 0.714. The first-order valence-electron chi connectivity index (χ1n) is 7.23. The molecule has 0 spiro atoms. The molecule has 2 fully saturated rings. The highest BCUT2D eigenvalue weighted by molar-refractivity contribution is 9.10. The largest absolute Gasteiger partial charge is 0.475 e. The highest BCUT2D eigenvalue weighted by Gasteiger charge is 2.21. The number of aromatic nitrogens is 2. The highest BCUT2D eigenvalue weighted by Crippen LogP contribution is 2.30. The van der Waals surface area contributed by atoms with Gasteiger partial charge in [0.05, 0.1) is 12.8 Å². The van der Waals surface area contributed by atoms with Crippen LogP contribution in [0.1, 0.15) is 38.5 Å². The molecule has 0 amide bonds. The fourth-order valence-electron chi connectivity index (χ4n) is 2.96. The van der Waals surface area contributed by atoms with E-state index >= 15 is 0 Å². The van der Waals surface area contributed by atoms with Crippen LogP contribution < -0.4 is 9.64 Å². The van der Waals surface area contributed by atoms with Gasteiger partial charge in [-0.25, -0.2) is 9.97 Å². The third kappa shape index (κ3) is 3.19. The van der Waals surface area contributed by atoms with E-state index in [1.54, 1.807) is 6.20 Å². The minimum absolute atomic E-state index is 0.697. The summed E-state index contributed by atoms with van der Waals surface area (Å²) in [5.41, 5.74) is 0. The van der Waals surface area contributed by atoms with Crippen LogP contribution in [0.2, 0.25) is 0 Å². The monoisotopic (exact) mass is 325 g/mol. The molecular formula is C14H20BrN3O. The first-order chi connectivity index (χ1) is 9.33. The van der Waals surface area contributed by atoms with Gasteiger partial charge in [-0.2, -0.15) is 0 Å². The van der Waals surface area contributed by atoms with E-state index in [4.69, 9.17) is 4.74 Å². The van der Waals surface area contributed by atoms with E-state index in [0.29, 0.717) is 11.8 Å². The maximum atomic E-state index is 5.97. The third-order valence-electron chi connectivity index (χ3n) is 4.03. The first kappa shape index (κ1) is 13.2. The molecule has 1 aromatic rings. The first-order valence-corrected chi connectivity index (χ1v) is 8.02. The molecule has 0 N–H and O–H groups in total. The standard InChI is InChI=1S/C14H20BrN3O/c15-12-9-16-13(18-7-3-4-8-18)14(17-12)19-10-11-5-1-2-6-11/h9,11H,1-8,10H2. The van der Waals surface area contributed by atoms with Crippen molar-refractivity contribution in [2.75, 3.05) is 24.6 Å². The van der Waals surface area contributed by atoms with E-state index in [9.17, 15) is 0 Å². The Hall–Kier alpha value is -0.840. The summed E-state index contributed by atoms with van der Waals surface area (Å²) >= 11 is 3.39. The van der Waals surface area contributed by atoms with Gasteiger partial charge in [-0.15, -0.1) is 0 Å². The molecule has 0 unspecified atom stereocenters. The lowest BCUT2D eigenvalue weighted by Crippen LogP contribution is -2.21. The third-order valence-corrected chi connectivity index (χ3v) is 4.41. The van der Waals surface area contributed by atoms with Crippen molar-refractivity contribution in [2.24, 2.45) is 5.92 Å². The molecule has 1 saturated heterocycles. The topological polar surface area (TPSA) is 38.2 Å². The summed E-state index contributed by atoms with van der Waals surface area (Å²) in [6.45, 7) is 2.91. The number of nitrogens with zero attached hydrogens (tertiary/aromatic N) is 3. The number of hydrogen-bond acceptors (Lipinski definition) is 4. The number of hydrogen-bond donors (Lipinski definition) is 0. The summed E-state index contributed by atoms with van der Waals surface area (Å²) in [7, 11) is 0. The van der Waals surface area contributed by atoms with Crippen LogP contribution >= 0.6 is 15.9 Å². The number of halogens is 1. The molecule has 104 valence electrons. The summed E-state index contributed by atoms with van der Waals surface area (Å²) < 4.78 is 6.72. The molecule has 1 aromatic heterocycles. The fourth-order valence-corrected chi connectivity index (χ4v) is 3.23. The highest BCUT2D eigenvalue weighted by atomic mass is 79.9. The molecule has 1 aliphatic heterocycles. The van der Waals surface area contributed by atoms with Gasteiger partial charge in [0.2, 0.25) is 0 Å². The molecule has 1 aliphatic carbocycles. The predicted molar refractivity (Wildman–Crippen MR) is 78.6 cm³/mol. The molecule has 19 heavy (non-hydrogen) atoms. The lowest BCUT2D eigenvalue weighted by Gasteiger charge is -2.20. The van der Waals surface area contributed by atoms with Crippen molar-refractivity contribution in [3.63, 3.8) is 0 Å². The Bertz CT molecular complexity index is 429. The molecule has 4 nitrogen and oxygen atoms in total. The van der Waals surface area contributed by atoms with Gasteiger partial charge in [-0.1, -0.05) is 12.8 Å². The summed E-state index contributed by atoms with van der Waals surface area (Å²) in [5.74, 6) is 2.31. The van der Waals surface area contributed by atoms with Gasteiger partial charge in [-0.3, -0.25) is 0 Å². The lowest BCUT2D eigenvalue weighted by atomic mass is 10.1. The van der Waals surface area contributed by atoms with Crippen molar-refractivity contribution < 1.29 is 4.74 Å². The van der Waals surface area contributed by atoms with Gasteiger partial charge in [0.15, 0.2) is 5.82 Å². The zero-order valence-corrected chi connectivity index (χ0v) is 12.7. The maximum absolute atomic E-state index is 5.97. The van der Waals surface area contributed by atoms with Crippen molar-refractivity contribution in [2.45, 2.75) is 38.5 Å². The zero-order valence-electron chi connectivity index (χ0n) is 11.1. The number of anilines is 1. The molecule has 0 aromatic carbocycles. The van der Waals surface area contributed by atoms with Crippen LogP contribution in [0.5, 0.6) is 5.88 Å². The average molecular weight is 326 g/mol. The van der Waals surface area contributed by atoms with Crippen LogP contribution in [0.3, 0.4) is 0 Å². The minimum Gasteiger partial charge on any atom is -0.475 e. The van der Waals surface area contributed by atoms with Crippen LogP contribution in [0, 0.1) is 5.92 Å². The molecule has 2 aliphatic rings. The summed E-state index contributed by atoms with van der Waals surface area (Å²) in [4.78, 5) is 11.2. The van der Waals surface area contributed by atoms with E-state index in [1.165, 1.54) is 38.5 Å². The summed E-state index contributed by atoms with van der Waals surface area (Å²) in [5, 5.41) is 0. The van der Waals surface area contributed by atoms with Crippen LogP contribution in [0.25, 0.3) is 0 Å². The Labute approximate surface area is 122 Å². The zero-order chi connectivity index (χ0) is 13.1. The number of rotatable bonds is 4. The normalized spacial score (nSPS) is 20.2. The van der Waals surface area contributed by atoms with Gasteiger partial charge in [-0.05, 0) is 47.5 Å². The second-order valence-corrected chi connectivity index (χ2v) is 6.29. The molecule has 5 heteroatoms. The van der Waals surface area contributed by atoms with Crippen LogP contribution in [-0.4, -0.2) is 29.7 Å². The van der Waals surface area contributed by atoms with Crippen LogP contribution in [0.4, 0.5) is 5.82 Å². The SMILES string of the molecule is Brc1cnc(N2CCCC2)c(OCC2CCCC2)n1. The Balaban J connectivity index is 1.71. The van der Waals surface area contributed by atoms with Crippen molar-refractivity contribution >= 4 is 21.7 Å². The molecule has 0 atom stereocenters. The Morgan fingerprint density at radius 2 is 1.95 bits per heavy atom. The van der Waals surface area contributed by atoms with Crippen LogP contribution in [-0.2, 0) is 0 Å². The molecule has 2 heterocycles. The molecule has 0 radical (unpaired) electrons. The number of ether oxygens (including phenoxy) is 1.